The Kier molecular flexibility index (Phi) is 2.24. The second-order valence-corrected chi connectivity index (χ2v) is 2.65. The highest BCUT2D eigenvalue weighted by molar-refractivity contribution is 5.82. The summed E-state index contributed by atoms with van der Waals surface area (Å²) in [6.45, 7) is 4.41. The van der Waals surface area contributed by atoms with Crippen molar-refractivity contribution in [3.63, 3.8) is 0 Å². The van der Waals surface area contributed by atoms with E-state index in [1.54, 1.807) is 0 Å². The first-order valence-corrected chi connectivity index (χ1v) is 3.38. The van der Waals surface area contributed by atoms with Gasteiger partial charge in [0.2, 0.25) is 0 Å². The molecule has 1 heterocycles. The molecule has 1 aliphatic heterocycles. The van der Waals surface area contributed by atoms with E-state index in [1.165, 1.54) is 0 Å². The van der Waals surface area contributed by atoms with Gasteiger partial charge in [0.15, 0.2) is 0 Å². The van der Waals surface area contributed by atoms with Crippen LogP contribution in [0.25, 0.3) is 0 Å². The molecule has 1 amide bonds. The largest absolute Gasteiger partial charge is 0.302 e. The van der Waals surface area contributed by atoms with Gasteiger partial charge >= 0.3 is 0 Å². The Morgan fingerprint density at radius 3 is 2.90 bits per heavy atom. The molecule has 0 aromatic rings. The third-order valence-electron chi connectivity index (χ3n) is 1.27. The fourth-order valence-corrected chi connectivity index (χ4v) is 0.869. The van der Waals surface area contributed by atoms with Crippen LogP contribution in [0, 0.1) is 0 Å². The molecule has 1 rings (SSSR count). The molecule has 0 bridgehead atoms. The quantitative estimate of drug-likeness (QED) is 0.545. The second kappa shape index (κ2) is 2.98. The van der Waals surface area contributed by atoms with E-state index in [0.717, 1.165) is 0 Å². The maximum Gasteiger partial charge on any atom is 0.263 e. The molecule has 0 spiro atoms. The topological polar surface area (TPSA) is 50.4 Å². The molecule has 0 aromatic heterocycles. The van der Waals surface area contributed by atoms with Gasteiger partial charge in [0, 0.05) is 6.04 Å². The summed E-state index contributed by atoms with van der Waals surface area (Å²) < 4.78 is 0. The smallest absolute Gasteiger partial charge is 0.263 e. The van der Waals surface area contributed by atoms with Gasteiger partial charge in [0.25, 0.3) is 5.91 Å². The van der Waals surface area contributed by atoms with Crippen molar-refractivity contribution in [2.75, 3.05) is 6.61 Å². The molecule has 0 unspecified atom stereocenters. The third kappa shape index (κ3) is 1.68. The first-order valence-electron chi connectivity index (χ1n) is 3.38. The molecule has 0 aliphatic carbocycles. The Morgan fingerprint density at radius 1 is 1.80 bits per heavy atom. The maximum absolute atomic E-state index is 10.8. The van der Waals surface area contributed by atoms with Crippen LogP contribution >= 0.6 is 0 Å². The number of carbonyl (C=O) groups excluding carboxylic acids is 1. The Balaban J connectivity index is 2.33. The molecule has 10 heavy (non-hydrogen) atoms. The van der Waals surface area contributed by atoms with Crippen LogP contribution in [-0.4, -0.2) is 24.6 Å². The zero-order chi connectivity index (χ0) is 7.56. The highest BCUT2D eigenvalue weighted by atomic mass is 16.7. The summed E-state index contributed by atoms with van der Waals surface area (Å²) in [6, 6.07) is 0.150. The molecule has 1 aliphatic rings. The lowest BCUT2D eigenvalue weighted by molar-refractivity contribution is -0.125. The summed E-state index contributed by atoms with van der Waals surface area (Å²) in [5, 5.41) is 3.05. The molecule has 1 fully saturated rings. The number of nitrogens with one attached hydrogen (secondary N) is 2. The molecule has 4 heteroatoms. The minimum atomic E-state index is -0.167. The van der Waals surface area contributed by atoms with Gasteiger partial charge in [-0.15, -0.1) is 0 Å². The number of carbonyl (C=O) groups is 1. The summed E-state index contributed by atoms with van der Waals surface area (Å²) in [5.41, 5.74) is 2.27. The van der Waals surface area contributed by atoms with Crippen LogP contribution < -0.4 is 10.8 Å². The van der Waals surface area contributed by atoms with Crippen molar-refractivity contribution < 1.29 is 9.63 Å². The van der Waals surface area contributed by atoms with E-state index in [0.29, 0.717) is 12.6 Å². The minimum absolute atomic E-state index is 0.0753. The summed E-state index contributed by atoms with van der Waals surface area (Å²) in [7, 11) is 0. The van der Waals surface area contributed by atoms with E-state index >= 15 is 0 Å². The maximum atomic E-state index is 10.8. The van der Waals surface area contributed by atoms with Crippen molar-refractivity contribution in [1.29, 1.82) is 0 Å². The molecular formula is C6H12N2O2. The number of amides is 1. The fourth-order valence-electron chi connectivity index (χ4n) is 0.869. The van der Waals surface area contributed by atoms with Crippen molar-refractivity contribution in [1.82, 2.24) is 10.8 Å². The van der Waals surface area contributed by atoms with Gasteiger partial charge in [-0.1, -0.05) is 13.8 Å². The first kappa shape index (κ1) is 7.50. The van der Waals surface area contributed by atoms with Crippen LogP contribution in [0.2, 0.25) is 0 Å². The van der Waals surface area contributed by atoms with Gasteiger partial charge < -0.3 is 5.32 Å². The molecule has 4 nitrogen and oxygen atoms in total. The fraction of sp³-hybridized carbons (Fsp3) is 0.833. The van der Waals surface area contributed by atoms with E-state index in [-0.39, 0.29) is 11.9 Å². The first-order chi connectivity index (χ1) is 4.70. The zero-order valence-electron chi connectivity index (χ0n) is 6.18. The highest BCUT2D eigenvalue weighted by Gasteiger charge is 2.25. The van der Waals surface area contributed by atoms with Gasteiger partial charge in [0.05, 0.1) is 6.61 Å². The number of hydrogen-bond acceptors (Lipinski definition) is 3. The predicted molar refractivity (Wildman–Crippen MR) is 36.2 cm³/mol. The van der Waals surface area contributed by atoms with E-state index in [2.05, 4.69) is 10.8 Å². The van der Waals surface area contributed by atoms with E-state index in [4.69, 9.17) is 4.84 Å². The Bertz CT molecular complexity index is 136. The molecule has 0 radical (unpaired) electrons. The second-order valence-electron chi connectivity index (χ2n) is 2.65. The van der Waals surface area contributed by atoms with Crippen LogP contribution in [0.15, 0.2) is 0 Å². The molecule has 58 valence electrons. The minimum Gasteiger partial charge on any atom is -0.302 e. The molecule has 1 saturated heterocycles. The van der Waals surface area contributed by atoms with Crippen LogP contribution in [0.3, 0.4) is 0 Å². The van der Waals surface area contributed by atoms with Crippen molar-refractivity contribution in [2.24, 2.45) is 0 Å². The zero-order valence-corrected chi connectivity index (χ0v) is 6.18. The normalized spacial score (nSPS) is 25.5. The molecule has 2 N–H and O–H groups in total. The average molecular weight is 144 g/mol. The molecule has 0 saturated carbocycles. The van der Waals surface area contributed by atoms with E-state index < -0.39 is 0 Å². The van der Waals surface area contributed by atoms with Crippen LogP contribution in [0.4, 0.5) is 0 Å². The lowest BCUT2D eigenvalue weighted by atomic mass is 10.2. The molecular weight excluding hydrogens is 132 g/mol. The van der Waals surface area contributed by atoms with Crippen LogP contribution in [-0.2, 0) is 9.63 Å². The van der Waals surface area contributed by atoms with Gasteiger partial charge in [-0.3, -0.25) is 9.63 Å². The summed E-state index contributed by atoms with van der Waals surface area (Å²) in [4.78, 5) is 15.5. The monoisotopic (exact) mass is 144 g/mol. The molecule has 1 atom stereocenters. The molecule has 0 aromatic carbocycles. The van der Waals surface area contributed by atoms with Gasteiger partial charge in [-0.05, 0) is 0 Å². The highest BCUT2D eigenvalue weighted by Crippen LogP contribution is 1.95. The Labute approximate surface area is 59.9 Å². The van der Waals surface area contributed by atoms with E-state index in [1.807, 2.05) is 13.8 Å². The van der Waals surface area contributed by atoms with Gasteiger partial charge in [-0.25, -0.2) is 5.48 Å². The summed E-state index contributed by atoms with van der Waals surface area (Å²) >= 11 is 0. The Hall–Kier alpha value is -0.610. The van der Waals surface area contributed by atoms with Crippen molar-refractivity contribution >= 4 is 5.91 Å². The van der Waals surface area contributed by atoms with Crippen molar-refractivity contribution in [2.45, 2.75) is 25.9 Å². The van der Waals surface area contributed by atoms with Crippen LogP contribution in [0.5, 0.6) is 0 Å². The number of hydrogen-bond donors (Lipinski definition) is 2. The van der Waals surface area contributed by atoms with Crippen LogP contribution in [0.1, 0.15) is 13.8 Å². The third-order valence-corrected chi connectivity index (χ3v) is 1.27. The number of hydroxylamine groups is 1. The standard InChI is InChI=1S/C6H12N2O2/c1-4(2)7-5-3-10-8-6(5)9/h4-5,7H,3H2,1-2H3,(H,8,9)/t5-/m1/s1. The van der Waals surface area contributed by atoms with Crippen molar-refractivity contribution in [3.8, 4) is 0 Å². The van der Waals surface area contributed by atoms with Crippen molar-refractivity contribution in [3.05, 3.63) is 0 Å². The van der Waals surface area contributed by atoms with E-state index in [9.17, 15) is 4.79 Å². The average Bonchev–Trinajstić information content (AvgIpc) is 2.15. The number of rotatable bonds is 2. The predicted octanol–water partition coefficient (Wildman–Crippen LogP) is -0.586. The van der Waals surface area contributed by atoms with Gasteiger partial charge in [0.1, 0.15) is 6.04 Å². The summed E-state index contributed by atoms with van der Waals surface area (Å²) in [5.74, 6) is -0.0753. The lowest BCUT2D eigenvalue weighted by Gasteiger charge is -2.10. The van der Waals surface area contributed by atoms with Gasteiger partial charge in [-0.2, -0.15) is 0 Å². The lowest BCUT2D eigenvalue weighted by Crippen LogP contribution is -2.41. The summed E-state index contributed by atoms with van der Waals surface area (Å²) in [6.07, 6.45) is 0. The SMILES string of the molecule is CC(C)N[C@@H]1CONC1=O. The Morgan fingerprint density at radius 2 is 2.50 bits per heavy atom.